The van der Waals surface area contributed by atoms with Crippen molar-refractivity contribution >= 4 is 5.97 Å². The summed E-state index contributed by atoms with van der Waals surface area (Å²) >= 11 is 0. The molecule has 164 valence electrons. The minimum absolute atomic E-state index is 0.000431. The number of esters is 1. The average Bonchev–Trinajstić information content (AvgIpc) is 3.33. The Hall–Kier alpha value is -1.55. The minimum Gasteiger partial charge on any atom is -0.469 e. The van der Waals surface area contributed by atoms with Crippen LogP contribution in [0.2, 0.25) is 0 Å². The fourth-order valence-corrected chi connectivity index (χ4v) is 7.18. The van der Waals surface area contributed by atoms with Gasteiger partial charge in [-0.1, -0.05) is 31.9 Å². The van der Waals surface area contributed by atoms with Crippen molar-refractivity contribution in [2.24, 2.45) is 29.1 Å². The quantitative estimate of drug-likeness (QED) is 0.529. The van der Waals surface area contributed by atoms with Crippen LogP contribution in [0.25, 0.3) is 0 Å². The molecular formula is C26H37NO3. The van der Waals surface area contributed by atoms with E-state index in [0.29, 0.717) is 23.8 Å². The molecule has 0 unspecified atom stereocenters. The Labute approximate surface area is 180 Å². The fourth-order valence-electron chi connectivity index (χ4n) is 7.18. The second kappa shape index (κ2) is 8.18. The highest BCUT2D eigenvalue weighted by Crippen LogP contribution is 2.56. The maximum atomic E-state index is 12.8. The van der Waals surface area contributed by atoms with Crippen LogP contribution in [0.1, 0.15) is 70.5 Å². The summed E-state index contributed by atoms with van der Waals surface area (Å²) in [7, 11) is 0. The van der Waals surface area contributed by atoms with E-state index in [-0.39, 0.29) is 23.4 Å². The number of hydrogen-bond donors (Lipinski definition) is 1. The van der Waals surface area contributed by atoms with Crippen LogP contribution in [-0.4, -0.2) is 24.7 Å². The van der Waals surface area contributed by atoms with Crippen LogP contribution in [0.3, 0.4) is 0 Å². The van der Waals surface area contributed by atoms with Crippen molar-refractivity contribution in [2.75, 3.05) is 6.54 Å². The molecular weight excluding hydrogens is 374 g/mol. The lowest BCUT2D eigenvalue weighted by molar-refractivity contribution is -0.146. The van der Waals surface area contributed by atoms with Gasteiger partial charge in [-0.15, -0.1) is 0 Å². The standard InChI is InChI=1S/C26H37NO3/c1-17-7-5-11-26(2)15-24-20(14-22(17)26)21(25(28)30-24)16-27-23-10-4-3-8-18(23)13-19-9-6-12-29-19/h6,9,12,18,20-24,27H,1,3-5,7-8,10-11,13-16H2,2H3/t18-,20-,21-,22+,23+,24-,26-/m1/s1. The zero-order valence-corrected chi connectivity index (χ0v) is 18.4. The maximum absolute atomic E-state index is 12.8. The Morgan fingerprint density at radius 2 is 2.13 bits per heavy atom. The molecule has 0 spiro atoms. The lowest BCUT2D eigenvalue weighted by Crippen LogP contribution is -2.47. The first-order chi connectivity index (χ1) is 14.5. The summed E-state index contributed by atoms with van der Waals surface area (Å²) in [5.41, 5.74) is 1.69. The summed E-state index contributed by atoms with van der Waals surface area (Å²) in [6, 6.07) is 4.53. The molecule has 2 heterocycles. The highest BCUT2D eigenvalue weighted by molar-refractivity contribution is 5.75. The van der Waals surface area contributed by atoms with E-state index in [1.165, 1.54) is 44.1 Å². The van der Waals surface area contributed by atoms with Crippen molar-refractivity contribution < 1.29 is 13.9 Å². The predicted octanol–water partition coefficient (Wildman–Crippen LogP) is 5.28. The van der Waals surface area contributed by atoms with Crippen LogP contribution >= 0.6 is 0 Å². The number of hydrogen-bond acceptors (Lipinski definition) is 4. The molecule has 3 saturated carbocycles. The highest BCUT2D eigenvalue weighted by Gasteiger charge is 2.55. The minimum atomic E-state index is 0.000431. The molecule has 30 heavy (non-hydrogen) atoms. The van der Waals surface area contributed by atoms with Crippen LogP contribution in [0.4, 0.5) is 0 Å². The zero-order chi connectivity index (χ0) is 20.7. The van der Waals surface area contributed by atoms with Gasteiger partial charge >= 0.3 is 5.97 Å². The number of rotatable bonds is 5. The number of furan rings is 1. The van der Waals surface area contributed by atoms with Gasteiger partial charge in [0.2, 0.25) is 0 Å². The molecule has 4 aliphatic rings. The lowest BCUT2D eigenvalue weighted by Gasteiger charge is -2.50. The Morgan fingerprint density at radius 1 is 1.27 bits per heavy atom. The normalized spacial score (nSPS) is 41.2. The molecule has 1 aliphatic heterocycles. The summed E-state index contributed by atoms with van der Waals surface area (Å²) in [6.07, 6.45) is 13.6. The van der Waals surface area contributed by atoms with Crippen molar-refractivity contribution in [2.45, 2.75) is 83.3 Å². The number of carbonyl (C=O) groups is 1. The second-order valence-electron chi connectivity index (χ2n) is 10.7. The summed E-state index contributed by atoms with van der Waals surface area (Å²) in [5, 5.41) is 3.82. The second-order valence-corrected chi connectivity index (χ2v) is 10.7. The zero-order valence-electron chi connectivity index (χ0n) is 18.4. The molecule has 0 amide bonds. The molecule has 1 N–H and O–H groups in total. The first-order valence-electron chi connectivity index (χ1n) is 12.2. The first kappa shape index (κ1) is 20.4. The molecule has 5 rings (SSSR count). The van der Waals surface area contributed by atoms with Crippen LogP contribution < -0.4 is 5.32 Å². The van der Waals surface area contributed by atoms with E-state index in [1.54, 1.807) is 6.26 Å². The molecule has 4 fully saturated rings. The van der Waals surface area contributed by atoms with Crippen LogP contribution in [0, 0.1) is 29.1 Å². The predicted molar refractivity (Wildman–Crippen MR) is 117 cm³/mol. The van der Waals surface area contributed by atoms with Gasteiger partial charge in [-0.2, -0.15) is 0 Å². The van der Waals surface area contributed by atoms with Gasteiger partial charge in [-0.25, -0.2) is 0 Å². The topological polar surface area (TPSA) is 51.5 Å². The summed E-state index contributed by atoms with van der Waals surface area (Å²) in [5.74, 6) is 2.61. The molecule has 4 heteroatoms. The van der Waals surface area contributed by atoms with Crippen LogP contribution in [0.5, 0.6) is 0 Å². The van der Waals surface area contributed by atoms with Gasteiger partial charge in [-0.3, -0.25) is 4.79 Å². The number of carbonyl (C=O) groups excluding carboxylic acids is 1. The van der Waals surface area contributed by atoms with Gasteiger partial charge in [0.25, 0.3) is 0 Å². The molecule has 0 bridgehead atoms. The number of fused-ring (bicyclic) bond motifs is 2. The Balaban J connectivity index is 1.24. The smallest absolute Gasteiger partial charge is 0.310 e. The molecule has 0 radical (unpaired) electrons. The van der Waals surface area contributed by atoms with Gasteiger partial charge < -0.3 is 14.5 Å². The van der Waals surface area contributed by atoms with Gasteiger partial charge in [0.05, 0.1) is 12.2 Å². The van der Waals surface area contributed by atoms with Gasteiger partial charge in [0, 0.05) is 24.9 Å². The number of nitrogens with one attached hydrogen (secondary N) is 1. The number of allylic oxidation sites excluding steroid dienone is 1. The fraction of sp³-hybridized carbons (Fsp3) is 0.731. The Morgan fingerprint density at radius 3 is 2.97 bits per heavy atom. The van der Waals surface area contributed by atoms with Crippen molar-refractivity contribution in [1.29, 1.82) is 0 Å². The molecule has 1 aromatic rings. The molecule has 1 aromatic heterocycles. The first-order valence-corrected chi connectivity index (χ1v) is 12.2. The van der Waals surface area contributed by atoms with E-state index in [1.807, 2.05) is 6.07 Å². The molecule has 3 aliphatic carbocycles. The SMILES string of the molecule is C=C1CCC[C@]2(C)C[C@H]3OC(=O)[C@H](CN[C@H]4CCCC[C@@H]4Cc4ccco4)[C@H]3C[C@@H]12. The third kappa shape index (κ3) is 3.77. The average molecular weight is 412 g/mol. The maximum Gasteiger partial charge on any atom is 0.310 e. The van der Waals surface area contributed by atoms with E-state index in [2.05, 4.69) is 24.9 Å². The summed E-state index contributed by atoms with van der Waals surface area (Å²) < 4.78 is 11.6. The lowest BCUT2D eigenvalue weighted by atomic mass is 9.55. The van der Waals surface area contributed by atoms with E-state index < -0.39 is 0 Å². The molecule has 4 nitrogen and oxygen atoms in total. The van der Waals surface area contributed by atoms with E-state index in [9.17, 15) is 4.79 Å². The Bertz CT molecular complexity index is 771. The number of ether oxygens (including phenoxy) is 1. The van der Waals surface area contributed by atoms with Crippen LogP contribution in [0.15, 0.2) is 35.0 Å². The van der Waals surface area contributed by atoms with Crippen LogP contribution in [-0.2, 0) is 16.0 Å². The van der Waals surface area contributed by atoms with E-state index >= 15 is 0 Å². The summed E-state index contributed by atoms with van der Waals surface area (Å²) in [4.78, 5) is 12.8. The van der Waals surface area contributed by atoms with Gasteiger partial charge in [0.1, 0.15) is 11.9 Å². The van der Waals surface area contributed by atoms with Gasteiger partial charge in [0.15, 0.2) is 0 Å². The van der Waals surface area contributed by atoms with E-state index in [4.69, 9.17) is 9.15 Å². The molecule has 1 saturated heterocycles. The Kier molecular flexibility index (Phi) is 5.55. The van der Waals surface area contributed by atoms with Gasteiger partial charge in [-0.05, 0) is 74.3 Å². The molecule has 7 atom stereocenters. The van der Waals surface area contributed by atoms with E-state index in [0.717, 1.165) is 38.0 Å². The largest absolute Gasteiger partial charge is 0.469 e. The highest BCUT2D eigenvalue weighted by atomic mass is 16.6. The molecule has 0 aromatic carbocycles. The summed E-state index contributed by atoms with van der Waals surface area (Å²) in [6.45, 7) is 7.58. The van der Waals surface area contributed by atoms with Crippen molar-refractivity contribution in [1.82, 2.24) is 5.32 Å². The van der Waals surface area contributed by atoms with Crippen molar-refractivity contribution in [3.8, 4) is 0 Å². The monoisotopic (exact) mass is 411 g/mol. The van der Waals surface area contributed by atoms with Crippen molar-refractivity contribution in [3.05, 3.63) is 36.3 Å². The third-order valence-corrected chi connectivity index (χ3v) is 8.87. The van der Waals surface area contributed by atoms with Crippen molar-refractivity contribution in [3.63, 3.8) is 0 Å². The third-order valence-electron chi connectivity index (χ3n) is 8.87.